The molecule has 3 nitrogen and oxygen atoms in total. The van der Waals surface area contributed by atoms with Gasteiger partial charge in [0.15, 0.2) is 0 Å². The lowest BCUT2D eigenvalue weighted by Crippen LogP contribution is -2.53. The van der Waals surface area contributed by atoms with E-state index in [1.54, 1.807) is 6.92 Å². The maximum absolute atomic E-state index is 11.9. The molecule has 3 N–H and O–H groups in total. The Morgan fingerprint density at radius 1 is 1.41 bits per heavy atom. The second-order valence-electron chi connectivity index (χ2n) is 4.84. The van der Waals surface area contributed by atoms with Crippen molar-refractivity contribution in [3.63, 3.8) is 0 Å². The van der Waals surface area contributed by atoms with Crippen LogP contribution in [0.5, 0.6) is 0 Å². The molecule has 0 aliphatic carbocycles. The summed E-state index contributed by atoms with van der Waals surface area (Å²) in [5.74, 6) is -0.0802. The molecular weight excluding hydrogens is 212 g/mol. The molecule has 1 rings (SSSR count). The Bertz CT molecular complexity index is 360. The van der Waals surface area contributed by atoms with E-state index in [-0.39, 0.29) is 11.9 Å². The molecule has 1 amide bonds. The molecule has 0 heterocycles. The molecule has 2 unspecified atom stereocenters. The molecule has 1 aromatic rings. The van der Waals surface area contributed by atoms with Crippen LogP contribution in [0.15, 0.2) is 30.3 Å². The highest BCUT2D eigenvalue weighted by Crippen LogP contribution is 2.07. The molecule has 0 saturated heterocycles. The van der Waals surface area contributed by atoms with E-state index in [0.717, 1.165) is 6.42 Å². The van der Waals surface area contributed by atoms with Crippen LogP contribution in [0.3, 0.4) is 0 Å². The van der Waals surface area contributed by atoms with Crippen LogP contribution in [0.4, 0.5) is 0 Å². The van der Waals surface area contributed by atoms with Crippen molar-refractivity contribution < 1.29 is 4.79 Å². The molecule has 0 spiro atoms. The second kappa shape index (κ2) is 5.82. The lowest BCUT2D eigenvalue weighted by atomic mass is 9.98. The zero-order valence-corrected chi connectivity index (χ0v) is 10.9. The lowest BCUT2D eigenvalue weighted by Gasteiger charge is -2.24. The van der Waals surface area contributed by atoms with E-state index in [2.05, 4.69) is 17.4 Å². The highest BCUT2D eigenvalue weighted by molar-refractivity contribution is 5.85. The van der Waals surface area contributed by atoms with Gasteiger partial charge in [0, 0.05) is 6.04 Å². The number of carbonyl (C=O) groups excluding carboxylic acids is 1. The van der Waals surface area contributed by atoms with Gasteiger partial charge in [0.1, 0.15) is 0 Å². The number of benzene rings is 1. The number of carbonyl (C=O) groups is 1. The minimum Gasteiger partial charge on any atom is -0.352 e. The predicted octanol–water partition coefficient (Wildman–Crippen LogP) is 1.86. The SMILES string of the molecule is CCC(C)(N)C(=O)NC(C)Cc1ccccc1. The van der Waals surface area contributed by atoms with Crippen molar-refractivity contribution in [2.45, 2.75) is 45.2 Å². The van der Waals surface area contributed by atoms with E-state index < -0.39 is 5.54 Å². The molecule has 0 radical (unpaired) electrons. The lowest BCUT2D eigenvalue weighted by molar-refractivity contribution is -0.126. The van der Waals surface area contributed by atoms with Crippen molar-refractivity contribution in [1.29, 1.82) is 0 Å². The fraction of sp³-hybridized carbons (Fsp3) is 0.500. The first-order valence-electron chi connectivity index (χ1n) is 6.09. The van der Waals surface area contributed by atoms with E-state index in [1.807, 2.05) is 32.0 Å². The van der Waals surface area contributed by atoms with E-state index in [1.165, 1.54) is 5.56 Å². The number of rotatable bonds is 5. The smallest absolute Gasteiger partial charge is 0.240 e. The number of hydrogen-bond donors (Lipinski definition) is 2. The summed E-state index contributed by atoms with van der Waals surface area (Å²) in [7, 11) is 0. The summed E-state index contributed by atoms with van der Waals surface area (Å²) in [6, 6.07) is 10.2. The highest BCUT2D eigenvalue weighted by Gasteiger charge is 2.26. The first-order chi connectivity index (χ1) is 7.95. The standard InChI is InChI=1S/C14H22N2O/c1-4-14(3,15)13(17)16-11(2)10-12-8-6-5-7-9-12/h5-9,11H,4,10,15H2,1-3H3,(H,16,17). The van der Waals surface area contributed by atoms with Crippen LogP contribution < -0.4 is 11.1 Å². The number of nitrogens with two attached hydrogens (primary N) is 1. The van der Waals surface area contributed by atoms with Crippen LogP contribution in [0.25, 0.3) is 0 Å². The predicted molar refractivity (Wildman–Crippen MR) is 70.6 cm³/mol. The maximum Gasteiger partial charge on any atom is 0.240 e. The Labute approximate surface area is 103 Å². The van der Waals surface area contributed by atoms with Crippen LogP contribution in [0, 0.1) is 0 Å². The fourth-order valence-corrected chi connectivity index (χ4v) is 1.57. The van der Waals surface area contributed by atoms with Crippen LogP contribution in [0.2, 0.25) is 0 Å². The van der Waals surface area contributed by atoms with Gasteiger partial charge in [0.05, 0.1) is 5.54 Å². The summed E-state index contributed by atoms with van der Waals surface area (Å²) >= 11 is 0. The third-order valence-electron chi connectivity index (χ3n) is 3.02. The van der Waals surface area contributed by atoms with Crippen molar-refractivity contribution in [2.75, 3.05) is 0 Å². The van der Waals surface area contributed by atoms with E-state index in [9.17, 15) is 4.79 Å². The molecule has 0 saturated carbocycles. The Morgan fingerprint density at radius 3 is 2.53 bits per heavy atom. The first-order valence-corrected chi connectivity index (χ1v) is 6.09. The Hall–Kier alpha value is -1.35. The normalized spacial score (nSPS) is 16.0. The van der Waals surface area contributed by atoms with Gasteiger partial charge in [-0.1, -0.05) is 37.3 Å². The Kier molecular flexibility index (Phi) is 4.70. The van der Waals surface area contributed by atoms with E-state index in [4.69, 9.17) is 5.73 Å². The van der Waals surface area contributed by atoms with Gasteiger partial charge < -0.3 is 11.1 Å². The quantitative estimate of drug-likeness (QED) is 0.817. The molecule has 0 aliphatic rings. The van der Waals surface area contributed by atoms with Crippen LogP contribution in [-0.4, -0.2) is 17.5 Å². The van der Waals surface area contributed by atoms with Crippen molar-refractivity contribution in [1.82, 2.24) is 5.32 Å². The summed E-state index contributed by atoms with van der Waals surface area (Å²) in [5, 5.41) is 2.96. The molecule has 1 aromatic carbocycles. The van der Waals surface area contributed by atoms with Crippen LogP contribution in [0.1, 0.15) is 32.8 Å². The van der Waals surface area contributed by atoms with Crippen molar-refractivity contribution in [3.05, 3.63) is 35.9 Å². The van der Waals surface area contributed by atoms with Crippen LogP contribution in [-0.2, 0) is 11.2 Å². The van der Waals surface area contributed by atoms with Crippen LogP contribution >= 0.6 is 0 Å². The third kappa shape index (κ3) is 4.19. The molecule has 3 heteroatoms. The summed E-state index contributed by atoms with van der Waals surface area (Å²) in [6.45, 7) is 5.68. The van der Waals surface area contributed by atoms with Gasteiger partial charge in [-0.3, -0.25) is 4.79 Å². The monoisotopic (exact) mass is 234 g/mol. The summed E-state index contributed by atoms with van der Waals surface area (Å²) in [4.78, 5) is 11.9. The third-order valence-corrected chi connectivity index (χ3v) is 3.02. The van der Waals surface area contributed by atoms with E-state index >= 15 is 0 Å². The molecule has 0 fully saturated rings. The second-order valence-corrected chi connectivity index (χ2v) is 4.84. The number of nitrogens with one attached hydrogen (secondary N) is 1. The van der Waals surface area contributed by atoms with Gasteiger partial charge in [0.25, 0.3) is 0 Å². The molecule has 2 atom stereocenters. The van der Waals surface area contributed by atoms with Gasteiger partial charge in [-0.2, -0.15) is 0 Å². The number of amides is 1. The molecule has 0 bridgehead atoms. The zero-order chi connectivity index (χ0) is 12.9. The average Bonchev–Trinajstić information content (AvgIpc) is 2.30. The average molecular weight is 234 g/mol. The van der Waals surface area contributed by atoms with Gasteiger partial charge in [-0.05, 0) is 32.3 Å². The minimum absolute atomic E-state index is 0.0802. The van der Waals surface area contributed by atoms with Crippen molar-refractivity contribution in [3.8, 4) is 0 Å². The minimum atomic E-state index is -0.773. The summed E-state index contributed by atoms with van der Waals surface area (Å²) in [6.07, 6.45) is 1.46. The molecule has 0 aromatic heterocycles. The maximum atomic E-state index is 11.9. The number of hydrogen-bond acceptors (Lipinski definition) is 2. The van der Waals surface area contributed by atoms with Gasteiger partial charge in [-0.15, -0.1) is 0 Å². The Balaban J connectivity index is 2.51. The molecular formula is C14H22N2O. The highest BCUT2D eigenvalue weighted by atomic mass is 16.2. The largest absolute Gasteiger partial charge is 0.352 e. The Morgan fingerprint density at radius 2 is 2.00 bits per heavy atom. The summed E-state index contributed by atoms with van der Waals surface area (Å²) in [5.41, 5.74) is 6.33. The molecule has 94 valence electrons. The molecule has 0 aliphatic heterocycles. The molecule has 17 heavy (non-hydrogen) atoms. The van der Waals surface area contributed by atoms with Gasteiger partial charge >= 0.3 is 0 Å². The van der Waals surface area contributed by atoms with Crippen molar-refractivity contribution >= 4 is 5.91 Å². The van der Waals surface area contributed by atoms with E-state index in [0.29, 0.717) is 6.42 Å². The van der Waals surface area contributed by atoms with Crippen molar-refractivity contribution in [2.24, 2.45) is 5.73 Å². The van der Waals surface area contributed by atoms with Gasteiger partial charge in [0.2, 0.25) is 5.91 Å². The first kappa shape index (κ1) is 13.7. The van der Waals surface area contributed by atoms with Gasteiger partial charge in [-0.25, -0.2) is 0 Å². The summed E-state index contributed by atoms with van der Waals surface area (Å²) < 4.78 is 0. The topological polar surface area (TPSA) is 55.1 Å². The zero-order valence-electron chi connectivity index (χ0n) is 10.9. The fourth-order valence-electron chi connectivity index (χ4n) is 1.57.